The van der Waals surface area contributed by atoms with Crippen LogP contribution in [-0.2, 0) is 0 Å². The topological polar surface area (TPSA) is 12.9 Å². The van der Waals surface area contributed by atoms with Gasteiger partial charge in [0.25, 0.3) is 0 Å². The number of fused-ring (bicyclic) bond motifs is 1. The number of benzene rings is 2. The minimum absolute atomic E-state index is 0.458. The fourth-order valence-corrected chi connectivity index (χ4v) is 2.18. The second kappa shape index (κ2) is 4.67. The second-order valence-corrected chi connectivity index (χ2v) is 4.95. The molecule has 0 N–H and O–H groups in total. The summed E-state index contributed by atoms with van der Waals surface area (Å²) in [6.45, 7) is 4.08. The number of pyridine rings is 1. The van der Waals surface area contributed by atoms with Crippen molar-refractivity contribution in [2.45, 2.75) is 13.8 Å². The summed E-state index contributed by atoms with van der Waals surface area (Å²) in [7, 11) is 0. The third kappa shape index (κ3) is 2.16. The van der Waals surface area contributed by atoms with Crippen molar-refractivity contribution >= 4 is 10.9 Å². The third-order valence-electron chi connectivity index (χ3n) is 3.53. The maximum atomic E-state index is 13.3. The van der Waals surface area contributed by atoms with Crippen LogP contribution in [0.25, 0.3) is 22.2 Å². The smallest absolute Gasteiger partial charge is 0.161 e. The van der Waals surface area contributed by atoms with Gasteiger partial charge in [-0.15, -0.1) is 0 Å². The highest BCUT2D eigenvalue weighted by Crippen LogP contribution is 2.24. The molecule has 0 atom stereocenters. The highest BCUT2D eigenvalue weighted by molar-refractivity contribution is 5.81. The molecule has 3 rings (SSSR count). The summed E-state index contributed by atoms with van der Waals surface area (Å²) in [5, 5.41) is 0.594. The minimum Gasteiger partial charge on any atom is -0.248 e. The first-order chi connectivity index (χ1) is 9.54. The molecule has 0 aliphatic carbocycles. The molecule has 0 fully saturated rings. The molecule has 3 heteroatoms. The van der Waals surface area contributed by atoms with Gasteiger partial charge in [-0.05, 0) is 43.2 Å². The summed E-state index contributed by atoms with van der Waals surface area (Å²) in [6, 6.07) is 11.9. The summed E-state index contributed by atoms with van der Waals surface area (Å²) in [4.78, 5) is 4.41. The molecule has 3 aromatic rings. The van der Waals surface area contributed by atoms with Crippen molar-refractivity contribution in [3.8, 4) is 11.3 Å². The molecule has 0 radical (unpaired) electrons. The number of aromatic nitrogens is 1. The number of rotatable bonds is 1. The summed E-state index contributed by atoms with van der Waals surface area (Å²) in [5.74, 6) is -1.72. The molecule has 0 spiro atoms. The fraction of sp³-hybridized carbons (Fsp3) is 0.118. The van der Waals surface area contributed by atoms with E-state index in [1.54, 1.807) is 6.07 Å². The van der Waals surface area contributed by atoms with Crippen molar-refractivity contribution in [1.29, 1.82) is 0 Å². The van der Waals surface area contributed by atoms with Crippen molar-refractivity contribution in [2.24, 2.45) is 0 Å². The van der Waals surface area contributed by atoms with Crippen molar-refractivity contribution < 1.29 is 8.78 Å². The molecular formula is C17H13F2N. The van der Waals surface area contributed by atoms with E-state index in [1.165, 1.54) is 17.2 Å². The van der Waals surface area contributed by atoms with Crippen LogP contribution >= 0.6 is 0 Å². The first kappa shape index (κ1) is 12.7. The molecule has 0 saturated heterocycles. The van der Waals surface area contributed by atoms with E-state index in [0.29, 0.717) is 10.9 Å². The summed E-state index contributed by atoms with van der Waals surface area (Å²) >= 11 is 0. The Kier molecular flexibility index (Phi) is 2.97. The number of hydrogen-bond donors (Lipinski definition) is 0. The quantitative estimate of drug-likeness (QED) is 0.618. The van der Waals surface area contributed by atoms with Gasteiger partial charge in [0.1, 0.15) is 0 Å². The van der Waals surface area contributed by atoms with Crippen LogP contribution in [0.3, 0.4) is 0 Å². The average Bonchev–Trinajstić information content (AvgIpc) is 2.43. The molecule has 1 aromatic heterocycles. The molecule has 0 unspecified atom stereocenters. The Morgan fingerprint density at radius 2 is 1.55 bits per heavy atom. The van der Waals surface area contributed by atoms with Gasteiger partial charge in [0.2, 0.25) is 0 Å². The van der Waals surface area contributed by atoms with Crippen molar-refractivity contribution in [3.05, 3.63) is 65.2 Å². The van der Waals surface area contributed by atoms with E-state index in [9.17, 15) is 8.78 Å². The maximum Gasteiger partial charge on any atom is 0.161 e. The van der Waals surface area contributed by atoms with Crippen LogP contribution in [-0.4, -0.2) is 4.98 Å². The predicted molar refractivity (Wildman–Crippen MR) is 76.6 cm³/mol. The van der Waals surface area contributed by atoms with Gasteiger partial charge in [-0.1, -0.05) is 18.2 Å². The van der Waals surface area contributed by atoms with E-state index in [2.05, 4.69) is 4.98 Å². The van der Waals surface area contributed by atoms with Gasteiger partial charge in [0, 0.05) is 17.0 Å². The van der Waals surface area contributed by atoms with E-state index >= 15 is 0 Å². The van der Waals surface area contributed by atoms with Gasteiger partial charge in [-0.3, -0.25) is 0 Å². The van der Waals surface area contributed by atoms with Crippen LogP contribution in [0.1, 0.15) is 11.1 Å². The standard InChI is InChI=1S/C17H13F2N/c1-10-3-4-12(7-11(10)2)16-6-5-13-8-14(18)15(19)9-17(13)20-16/h3-9H,1-2H3. The molecule has 0 aliphatic heterocycles. The van der Waals surface area contributed by atoms with Crippen molar-refractivity contribution in [2.75, 3.05) is 0 Å². The van der Waals surface area contributed by atoms with Gasteiger partial charge in [-0.2, -0.15) is 0 Å². The van der Waals surface area contributed by atoms with Crippen LogP contribution in [0.4, 0.5) is 8.78 Å². The lowest BCUT2D eigenvalue weighted by Gasteiger charge is -2.06. The highest BCUT2D eigenvalue weighted by Gasteiger charge is 2.07. The van der Waals surface area contributed by atoms with Crippen LogP contribution in [0.5, 0.6) is 0 Å². The Morgan fingerprint density at radius 3 is 2.30 bits per heavy atom. The van der Waals surface area contributed by atoms with Crippen LogP contribution < -0.4 is 0 Å². The largest absolute Gasteiger partial charge is 0.248 e. The molecule has 1 heterocycles. The monoisotopic (exact) mass is 269 g/mol. The third-order valence-corrected chi connectivity index (χ3v) is 3.53. The lowest BCUT2D eigenvalue weighted by atomic mass is 10.0. The number of aryl methyl sites for hydroxylation is 2. The SMILES string of the molecule is Cc1ccc(-c2ccc3cc(F)c(F)cc3n2)cc1C. The number of halogens is 2. The Morgan fingerprint density at radius 1 is 0.800 bits per heavy atom. The Hall–Kier alpha value is -2.29. The van der Waals surface area contributed by atoms with E-state index in [4.69, 9.17) is 0 Å². The lowest BCUT2D eigenvalue weighted by Crippen LogP contribution is -1.90. The maximum absolute atomic E-state index is 13.3. The van der Waals surface area contributed by atoms with Gasteiger partial charge >= 0.3 is 0 Å². The average molecular weight is 269 g/mol. The van der Waals surface area contributed by atoms with Gasteiger partial charge < -0.3 is 0 Å². The first-order valence-electron chi connectivity index (χ1n) is 6.38. The molecule has 0 saturated carbocycles. The van der Waals surface area contributed by atoms with Crippen LogP contribution in [0.2, 0.25) is 0 Å². The van der Waals surface area contributed by atoms with Gasteiger partial charge in [0.15, 0.2) is 11.6 Å². The molecule has 0 amide bonds. The van der Waals surface area contributed by atoms with E-state index in [-0.39, 0.29) is 0 Å². The van der Waals surface area contributed by atoms with Crippen molar-refractivity contribution in [3.63, 3.8) is 0 Å². The molecule has 100 valence electrons. The Bertz CT molecular complexity index is 809. The summed E-state index contributed by atoms with van der Waals surface area (Å²) < 4.78 is 26.5. The molecule has 1 nitrogen and oxygen atoms in total. The van der Waals surface area contributed by atoms with Gasteiger partial charge in [-0.25, -0.2) is 13.8 Å². The van der Waals surface area contributed by atoms with Crippen LogP contribution in [0.15, 0.2) is 42.5 Å². The zero-order valence-corrected chi connectivity index (χ0v) is 11.2. The lowest BCUT2D eigenvalue weighted by molar-refractivity contribution is 0.510. The minimum atomic E-state index is -0.873. The van der Waals surface area contributed by atoms with Crippen molar-refractivity contribution in [1.82, 2.24) is 4.98 Å². The molecule has 0 bridgehead atoms. The number of nitrogens with zero attached hydrogens (tertiary/aromatic N) is 1. The van der Waals surface area contributed by atoms with E-state index in [0.717, 1.165) is 17.3 Å². The first-order valence-corrected chi connectivity index (χ1v) is 6.38. The Balaban J connectivity index is 2.17. The zero-order valence-electron chi connectivity index (χ0n) is 11.2. The molecular weight excluding hydrogens is 256 g/mol. The van der Waals surface area contributed by atoms with E-state index < -0.39 is 11.6 Å². The van der Waals surface area contributed by atoms with E-state index in [1.807, 2.05) is 38.1 Å². The summed E-state index contributed by atoms with van der Waals surface area (Å²) in [5.41, 5.74) is 4.57. The second-order valence-electron chi connectivity index (χ2n) is 4.95. The zero-order chi connectivity index (χ0) is 14.3. The molecule has 0 aliphatic rings. The Labute approximate surface area is 115 Å². The summed E-state index contributed by atoms with van der Waals surface area (Å²) in [6.07, 6.45) is 0. The van der Waals surface area contributed by atoms with Crippen LogP contribution in [0, 0.1) is 25.5 Å². The molecule has 20 heavy (non-hydrogen) atoms. The molecule has 2 aromatic carbocycles. The highest BCUT2D eigenvalue weighted by atomic mass is 19.2. The van der Waals surface area contributed by atoms with Gasteiger partial charge in [0.05, 0.1) is 11.2 Å². The predicted octanol–water partition coefficient (Wildman–Crippen LogP) is 4.80. The fourth-order valence-electron chi connectivity index (χ4n) is 2.18. The normalized spacial score (nSPS) is 11.0. The number of hydrogen-bond acceptors (Lipinski definition) is 1.